The number of alkyl halides is 3. The molecular weight excluding hydrogens is 333 g/mol. The molecule has 0 radical (unpaired) electrons. The zero-order valence-corrected chi connectivity index (χ0v) is 12.7. The van der Waals surface area contributed by atoms with Gasteiger partial charge in [0.25, 0.3) is 0 Å². The molecule has 2 aromatic heterocycles. The Balaban J connectivity index is 1.86. The zero-order chi connectivity index (χ0) is 18.0. The molecule has 0 amide bonds. The molecule has 0 spiro atoms. The maximum absolute atomic E-state index is 13.0. The number of carbonyl (C=O) groups excluding carboxylic acids is 1. The van der Waals surface area contributed by atoms with Gasteiger partial charge in [-0.05, 0) is 24.3 Å². The fraction of sp³-hybridized carbons (Fsp3) is 0.111. The van der Waals surface area contributed by atoms with Crippen molar-refractivity contribution in [3.05, 3.63) is 77.1 Å². The predicted octanol–water partition coefficient (Wildman–Crippen LogP) is 4.19. The summed E-state index contributed by atoms with van der Waals surface area (Å²) < 4.78 is 45.6. The molecule has 3 rings (SSSR count). The van der Waals surface area contributed by atoms with Gasteiger partial charge in [-0.15, -0.1) is 0 Å². The summed E-state index contributed by atoms with van der Waals surface area (Å²) in [5, 5.41) is 9.29. The molecule has 0 unspecified atom stereocenters. The van der Waals surface area contributed by atoms with Crippen molar-refractivity contribution in [2.45, 2.75) is 12.8 Å². The van der Waals surface area contributed by atoms with Crippen molar-refractivity contribution in [3.63, 3.8) is 0 Å². The van der Waals surface area contributed by atoms with Crippen LogP contribution in [-0.4, -0.2) is 10.4 Å². The van der Waals surface area contributed by atoms with E-state index in [-0.39, 0.29) is 6.61 Å². The van der Waals surface area contributed by atoms with Gasteiger partial charge in [-0.1, -0.05) is 18.2 Å². The normalized spacial score (nSPS) is 11.3. The third kappa shape index (κ3) is 3.19. The fourth-order valence-corrected chi connectivity index (χ4v) is 2.55. The smallest absolute Gasteiger partial charge is 0.417 e. The van der Waals surface area contributed by atoms with Gasteiger partial charge < -0.3 is 9.14 Å². The van der Waals surface area contributed by atoms with E-state index in [0.29, 0.717) is 16.6 Å². The Labute approximate surface area is 140 Å². The highest BCUT2D eigenvalue weighted by Crippen LogP contribution is 2.32. The summed E-state index contributed by atoms with van der Waals surface area (Å²) in [7, 11) is 0. The third-order valence-corrected chi connectivity index (χ3v) is 3.69. The van der Waals surface area contributed by atoms with Gasteiger partial charge in [0.05, 0.1) is 22.2 Å². The van der Waals surface area contributed by atoms with Gasteiger partial charge in [0.1, 0.15) is 12.7 Å². The first-order chi connectivity index (χ1) is 11.9. The Hall–Kier alpha value is -3.27. The molecule has 0 saturated carbocycles. The van der Waals surface area contributed by atoms with Crippen LogP contribution in [0.1, 0.15) is 27.0 Å². The first-order valence-corrected chi connectivity index (χ1v) is 7.24. The molecule has 126 valence electrons. The molecule has 1 aromatic carbocycles. The van der Waals surface area contributed by atoms with Crippen molar-refractivity contribution >= 4 is 11.5 Å². The Morgan fingerprint density at radius 1 is 1.16 bits per heavy atom. The molecular formula is C18H11F3N2O2. The zero-order valence-electron chi connectivity index (χ0n) is 12.7. The molecule has 7 heteroatoms. The average Bonchev–Trinajstić information content (AvgIpc) is 2.96. The summed E-state index contributed by atoms with van der Waals surface area (Å²) in [6.07, 6.45) is -1.32. The van der Waals surface area contributed by atoms with Crippen molar-refractivity contribution in [1.29, 1.82) is 5.26 Å². The number of esters is 1. The van der Waals surface area contributed by atoms with Crippen LogP contribution in [0.5, 0.6) is 0 Å². The molecule has 25 heavy (non-hydrogen) atoms. The number of rotatable bonds is 3. The van der Waals surface area contributed by atoms with E-state index in [2.05, 4.69) is 0 Å². The standard InChI is InChI=1S/C18H11F3N2O2/c19-18(20,21)15-6-2-1-5-13(15)17(24)25-11-12-10-23-8-4-3-7-16(23)14(12)9-22/h1-8,10H,11H2. The first kappa shape index (κ1) is 16.6. The summed E-state index contributed by atoms with van der Waals surface area (Å²) in [6, 6.07) is 11.7. The molecule has 4 nitrogen and oxygen atoms in total. The largest absolute Gasteiger partial charge is 0.457 e. The second-order valence-electron chi connectivity index (χ2n) is 5.25. The van der Waals surface area contributed by atoms with Crippen LogP contribution in [0.2, 0.25) is 0 Å². The molecule has 0 saturated heterocycles. The average molecular weight is 344 g/mol. The number of benzene rings is 1. The van der Waals surface area contributed by atoms with Crippen LogP contribution in [0.25, 0.3) is 5.52 Å². The lowest BCUT2D eigenvalue weighted by molar-refractivity contribution is -0.138. The lowest BCUT2D eigenvalue weighted by Crippen LogP contribution is -2.15. The van der Waals surface area contributed by atoms with Crippen LogP contribution >= 0.6 is 0 Å². The quantitative estimate of drug-likeness (QED) is 0.670. The van der Waals surface area contributed by atoms with E-state index in [9.17, 15) is 23.2 Å². The maximum atomic E-state index is 13.0. The number of nitriles is 1. The summed E-state index contributed by atoms with van der Waals surface area (Å²) >= 11 is 0. The van der Waals surface area contributed by atoms with E-state index in [0.717, 1.165) is 12.1 Å². The third-order valence-electron chi connectivity index (χ3n) is 3.69. The van der Waals surface area contributed by atoms with Crippen LogP contribution in [0.15, 0.2) is 54.9 Å². The highest BCUT2D eigenvalue weighted by molar-refractivity contribution is 5.91. The Kier molecular flexibility index (Phi) is 4.19. The highest BCUT2D eigenvalue weighted by Gasteiger charge is 2.35. The number of halogens is 3. The summed E-state index contributed by atoms with van der Waals surface area (Å²) in [5.74, 6) is -1.09. The number of ether oxygens (including phenoxy) is 1. The highest BCUT2D eigenvalue weighted by atomic mass is 19.4. The van der Waals surface area contributed by atoms with E-state index in [1.165, 1.54) is 12.1 Å². The topological polar surface area (TPSA) is 54.5 Å². The van der Waals surface area contributed by atoms with Gasteiger partial charge >= 0.3 is 12.1 Å². The van der Waals surface area contributed by atoms with E-state index in [1.807, 2.05) is 6.07 Å². The van der Waals surface area contributed by atoms with Crippen LogP contribution in [0.4, 0.5) is 13.2 Å². The number of hydrogen-bond acceptors (Lipinski definition) is 3. The predicted molar refractivity (Wildman–Crippen MR) is 82.7 cm³/mol. The Morgan fingerprint density at radius 2 is 1.88 bits per heavy atom. The van der Waals surface area contributed by atoms with E-state index in [1.54, 1.807) is 35.0 Å². The van der Waals surface area contributed by atoms with Gasteiger partial charge in [0, 0.05) is 18.0 Å². The van der Waals surface area contributed by atoms with Crippen LogP contribution in [0, 0.1) is 11.3 Å². The Morgan fingerprint density at radius 3 is 2.60 bits per heavy atom. The SMILES string of the molecule is N#Cc1c(COC(=O)c2ccccc2C(F)(F)F)cn2ccccc12. The summed E-state index contributed by atoms with van der Waals surface area (Å²) in [5.41, 5.74) is -0.240. The molecule has 0 aliphatic heterocycles. The molecule has 0 fully saturated rings. The fourth-order valence-electron chi connectivity index (χ4n) is 2.55. The van der Waals surface area contributed by atoms with Crippen LogP contribution in [-0.2, 0) is 17.5 Å². The summed E-state index contributed by atoms with van der Waals surface area (Å²) in [4.78, 5) is 12.1. The summed E-state index contributed by atoms with van der Waals surface area (Å²) in [6.45, 7) is -0.296. The van der Waals surface area contributed by atoms with Gasteiger partial charge in [-0.2, -0.15) is 18.4 Å². The maximum Gasteiger partial charge on any atom is 0.417 e. The lowest BCUT2D eigenvalue weighted by atomic mass is 10.1. The molecule has 3 aromatic rings. The van der Waals surface area contributed by atoms with Crippen molar-refractivity contribution in [2.24, 2.45) is 0 Å². The van der Waals surface area contributed by atoms with Crippen molar-refractivity contribution < 1.29 is 22.7 Å². The number of pyridine rings is 1. The van der Waals surface area contributed by atoms with Gasteiger partial charge in [-0.25, -0.2) is 4.79 Å². The van der Waals surface area contributed by atoms with Crippen molar-refractivity contribution in [3.8, 4) is 6.07 Å². The number of nitrogens with zero attached hydrogens (tertiary/aromatic N) is 2. The minimum atomic E-state index is -4.65. The van der Waals surface area contributed by atoms with Gasteiger partial charge in [0.15, 0.2) is 0 Å². The monoisotopic (exact) mass is 344 g/mol. The molecule has 0 N–H and O–H groups in total. The number of carbonyl (C=O) groups is 1. The van der Waals surface area contributed by atoms with Crippen LogP contribution in [0.3, 0.4) is 0 Å². The number of hydrogen-bond donors (Lipinski definition) is 0. The number of fused-ring (bicyclic) bond motifs is 1. The van der Waals surface area contributed by atoms with Crippen molar-refractivity contribution in [1.82, 2.24) is 4.40 Å². The Bertz CT molecular complexity index is 984. The molecule has 0 bridgehead atoms. The second-order valence-corrected chi connectivity index (χ2v) is 5.25. The number of aromatic nitrogens is 1. The van der Waals surface area contributed by atoms with Crippen molar-refractivity contribution in [2.75, 3.05) is 0 Å². The lowest BCUT2D eigenvalue weighted by Gasteiger charge is -2.11. The van der Waals surface area contributed by atoms with Gasteiger partial charge in [-0.3, -0.25) is 0 Å². The van der Waals surface area contributed by atoms with E-state index in [4.69, 9.17) is 4.74 Å². The van der Waals surface area contributed by atoms with Crippen LogP contribution < -0.4 is 0 Å². The second kappa shape index (κ2) is 6.32. The molecule has 0 aliphatic rings. The minimum Gasteiger partial charge on any atom is -0.457 e. The minimum absolute atomic E-state index is 0.296. The van der Waals surface area contributed by atoms with E-state index < -0.39 is 23.3 Å². The van der Waals surface area contributed by atoms with E-state index >= 15 is 0 Å². The van der Waals surface area contributed by atoms with Gasteiger partial charge in [0.2, 0.25) is 0 Å². The molecule has 2 heterocycles. The first-order valence-electron chi connectivity index (χ1n) is 7.24. The molecule has 0 aliphatic carbocycles. The molecule has 0 atom stereocenters.